The van der Waals surface area contributed by atoms with E-state index in [4.69, 9.17) is 4.84 Å². The Hall–Kier alpha value is -3.82. The number of aromatic nitrogens is 2. The Morgan fingerprint density at radius 1 is 1.14 bits per heavy atom. The standard InChI is InChI=1S/C27H32F2N6O/c1-8-35(25-22(28)10-9-11-23(25)29)26-21(15-30-6)24(33-27(34-26)36-31-7)20-14-19(13-12-17(20)4)18(5)32-16(2)3/h8-14,16,30-32H,1,5,15H2,2-4,6-7H3. The van der Waals surface area contributed by atoms with Crippen LogP contribution < -0.4 is 25.9 Å². The molecule has 0 saturated heterocycles. The lowest BCUT2D eigenvalue weighted by Crippen LogP contribution is -2.22. The highest BCUT2D eigenvalue weighted by Crippen LogP contribution is 2.38. The molecule has 0 amide bonds. The summed E-state index contributed by atoms with van der Waals surface area (Å²) < 4.78 is 29.6. The minimum atomic E-state index is -0.754. The Morgan fingerprint density at radius 3 is 2.42 bits per heavy atom. The summed E-state index contributed by atoms with van der Waals surface area (Å²) in [5.41, 5.74) is 6.80. The Morgan fingerprint density at radius 2 is 1.83 bits per heavy atom. The van der Waals surface area contributed by atoms with Crippen LogP contribution in [0.5, 0.6) is 6.01 Å². The third-order valence-electron chi connectivity index (χ3n) is 5.40. The van der Waals surface area contributed by atoms with E-state index in [1.54, 1.807) is 14.1 Å². The molecule has 1 heterocycles. The normalized spacial score (nSPS) is 10.9. The molecule has 3 rings (SSSR count). The number of benzene rings is 2. The van der Waals surface area contributed by atoms with E-state index in [1.807, 2.05) is 39.0 Å². The zero-order valence-electron chi connectivity index (χ0n) is 21.2. The number of rotatable bonds is 11. The second kappa shape index (κ2) is 11.7. The first-order valence-electron chi connectivity index (χ1n) is 11.5. The van der Waals surface area contributed by atoms with Crippen LogP contribution >= 0.6 is 0 Å². The van der Waals surface area contributed by atoms with E-state index >= 15 is 0 Å². The maximum Gasteiger partial charge on any atom is 0.338 e. The van der Waals surface area contributed by atoms with E-state index in [-0.39, 0.29) is 23.6 Å². The fourth-order valence-corrected chi connectivity index (χ4v) is 3.85. The highest BCUT2D eigenvalue weighted by Gasteiger charge is 2.25. The summed E-state index contributed by atoms with van der Waals surface area (Å²) in [6.45, 7) is 14.3. The van der Waals surface area contributed by atoms with E-state index in [0.717, 1.165) is 22.4 Å². The van der Waals surface area contributed by atoms with Crippen LogP contribution in [-0.4, -0.2) is 30.1 Å². The third-order valence-corrected chi connectivity index (χ3v) is 5.40. The molecule has 0 aliphatic carbocycles. The number of para-hydroxylation sites is 1. The van der Waals surface area contributed by atoms with Gasteiger partial charge in [-0.2, -0.15) is 15.4 Å². The molecule has 2 aromatic carbocycles. The highest BCUT2D eigenvalue weighted by molar-refractivity contribution is 5.78. The number of hydrogen-bond acceptors (Lipinski definition) is 7. The molecule has 0 bridgehead atoms. The van der Waals surface area contributed by atoms with E-state index in [1.165, 1.54) is 29.3 Å². The molecule has 0 fully saturated rings. The minimum absolute atomic E-state index is 0.0186. The molecule has 0 radical (unpaired) electrons. The van der Waals surface area contributed by atoms with Crippen molar-refractivity contribution >= 4 is 17.2 Å². The minimum Gasteiger partial charge on any atom is -0.383 e. The molecule has 0 saturated carbocycles. The van der Waals surface area contributed by atoms with Crippen LogP contribution in [0.2, 0.25) is 0 Å². The van der Waals surface area contributed by atoms with Gasteiger partial charge in [0, 0.05) is 42.7 Å². The lowest BCUT2D eigenvalue weighted by molar-refractivity contribution is 0.204. The van der Waals surface area contributed by atoms with Crippen molar-refractivity contribution in [2.75, 3.05) is 19.0 Å². The predicted molar refractivity (Wildman–Crippen MR) is 141 cm³/mol. The molecule has 0 unspecified atom stereocenters. The number of hydroxylamine groups is 1. The van der Waals surface area contributed by atoms with Crippen LogP contribution in [-0.2, 0) is 6.54 Å². The Kier molecular flexibility index (Phi) is 8.73. The van der Waals surface area contributed by atoms with Crippen molar-refractivity contribution in [3.63, 3.8) is 0 Å². The van der Waals surface area contributed by atoms with Gasteiger partial charge in [-0.1, -0.05) is 31.4 Å². The van der Waals surface area contributed by atoms with Crippen LogP contribution in [0.4, 0.5) is 20.3 Å². The van der Waals surface area contributed by atoms with Crippen LogP contribution in [0.1, 0.15) is 30.5 Å². The molecule has 1 aromatic heterocycles. The maximum absolute atomic E-state index is 14.8. The number of aryl methyl sites for hydroxylation is 1. The lowest BCUT2D eigenvalue weighted by atomic mass is 9.97. The molecule has 36 heavy (non-hydrogen) atoms. The zero-order chi connectivity index (χ0) is 26.4. The second-order valence-electron chi connectivity index (χ2n) is 8.42. The topological polar surface area (TPSA) is 74.3 Å². The predicted octanol–water partition coefficient (Wildman–Crippen LogP) is 5.21. The monoisotopic (exact) mass is 494 g/mol. The number of hydrogen-bond donors (Lipinski definition) is 3. The third kappa shape index (κ3) is 5.69. The van der Waals surface area contributed by atoms with Gasteiger partial charge in [0.25, 0.3) is 0 Å². The molecule has 0 aliphatic rings. The quantitative estimate of drug-likeness (QED) is 0.316. The van der Waals surface area contributed by atoms with Crippen LogP contribution in [0.3, 0.4) is 0 Å². The first-order valence-corrected chi connectivity index (χ1v) is 11.5. The van der Waals surface area contributed by atoms with Gasteiger partial charge in [-0.15, -0.1) is 0 Å². The molecule has 0 spiro atoms. The molecule has 9 heteroatoms. The average molecular weight is 495 g/mol. The van der Waals surface area contributed by atoms with E-state index in [0.29, 0.717) is 17.8 Å². The Labute approximate surface area is 210 Å². The van der Waals surface area contributed by atoms with Crippen molar-refractivity contribution in [2.24, 2.45) is 0 Å². The van der Waals surface area contributed by atoms with E-state index in [2.05, 4.69) is 39.2 Å². The Bertz CT molecular complexity index is 1240. The van der Waals surface area contributed by atoms with Crippen molar-refractivity contribution in [1.82, 2.24) is 26.1 Å². The molecular formula is C27H32F2N6O. The molecule has 0 aliphatic heterocycles. The van der Waals surface area contributed by atoms with Gasteiger partial charge in [0.15, 0.2) is 0 Å². The van der Waals surface area contributed by atoms with Gasteiger partial charge in [-0.3, -0.25) is 4.90 Å². The largest absolute Gasteiger partial charge is 0.383 e. The SMILES string of the molecule is C=CN(c1nc(ONC)nc(-c2cc(C(=C)NC(C)C)ccc2C)c1CNC)c1c(F)cccc1F. The van der Waals surface area contributed by atoms with Crippen molar-refractivity contribution in [2.45, 2.75) is 33.4 Å². The summed E-state index contributed by atoms with van der Waals surface area (Å²) in [7, 11) is 3.34. The second-order valence-corrected chi connectivity index (χ2v) is 8.42. The van der Waals surface area contributed by atoms with Crippen LogP contribution in [0.25, 0.3) is 17.0 Å². The molecule has 0 atom stereocenters. The molecule has 190 valence electrons. The zero-order valence-corrected chi connectivity index (χ0v) is 21.2. The van der Waals surface area contributed by atoms with Gasteiger partial charge < -0.3 is 15.5 Å². The first-order chi connectivity index (χ1) is 17.2. The van der Waals surface area contributed by atoms with Crippen LogP contribution in [0, 0.1) is 18.6 Å². The van der Waals surface area contributed by atoms with Crippen molar-refractivity contribution in [3.05, 3.63) is 84.1 Å². The smallest absolute Gasteiger partial charge is 0.338 e. The first kappa shape index (κ1) is 26.8. The van der Waals surface area contributed by atoms with Gasteiger partial charge in [0.05, 0.1) is 5.69 Å². The van der Waals surface area contributed by atoms with E-state index in [9.17, 15) is 8.78 Å². The highest BCUT2D eigenvalue weighted by atomic mass is 19.1. The number of nitrogens with one attached hydrogen (secondary N) is 3. The van der Waals surface area contributed by atoms with Crippen molar-refractivity contribution in [3.8, 4) is 17.3 Å². The molecule has 3 N–H and O–H groups in total. The van der Waals surface area contributed by atoms with Crippen molar-refractivity contribution in [1.29, 1.82) is 0 Å². The summed E-state index contributed by atoms with van der Waals surface area (Å²) in [5, 5.41) is 6.44. The summed E-state index contributed by atoms with van der Waals surface area (Å²) in [4.78, 5) is 15.8. The van der Waals surface area contributed by atoms with Gasteiger partial charge in [-0.25, -0.2) is 8.78 Å². The molecular weight excluding hydrogens is 462 g/mol. The fraction of sp³-hybridized carbons (Fsp3) is 0.259. The fourth-order valence-electron chi connectivity index (χ4n) is 3.85. The lowest BCUT2D eigenvalue weighted by Gasteiger charge is -2.25. The summed E-state index contributed by atoms with van der Waals surface area (Å²) in [6.07, 6.45) is 1.31. The maximum atomic E-state index is 14.8. The molecule has 3 aromatic rings. The summed E-state index contributed by atoms with van der Waals surface area (Å²) in [6, 6.07) is 9.79. The van der Waals surface area contributed by atoms with Crippen molar-refractivity contribution < 1.29 is 13.6 Å². The van der Waals surface area contributed by atoms with Gasteiger partial charge in [0.2, 0.25) is 0 Å². The van der Waals surface area contributed by atoms with Crippen LogP contribution in [0.15, 0.2) is 55.8 Å². The summed E-state index contributed by atoms with van der Waals surface area (Å²) in [5.74, 6) is -1.28. The average Bonchev–Trinajstić information content (AvgIpc) is 2.82. The number of anilines is 2. The van der Waals surface area contributed by atoms with Gasteiger partial charge in [-0.05, 0) is 57.1 Å². The van der Waals surface area contributed by atoms with Gasteiger partial charge >= 0.3 is 6.01 Å². The number of halogens is 2. The Balaban J connectivity index is 2.32. The van der Waals surface area contributed by atoms with Gasteiger partial charge in [0.1, 0.15) is 23.1 Å². The summed E-state index contributed by atoms with van der Waals surface area (Å²) >= 11 is 0. The molecule has 7 nitrogen and oxygen atoms in total. The van der Waals surface area contributed by atoms with E-state index < -0.39 is 11.6 Å². The number of nitrogens with zero attached hydrogens (tertiary/aromatic N) is 3.